The first-order chi connectivity index (χ1) is 15.8. The molecule has 9 heteroatoms. The van der Waals surface area contributed by atoms with Crippen molar-refractivity contribution in [1.29, 1.82) is 0 Å². The molecule has 0 spiro atoms. The second kappa shape index (κ2) is 7.77. The maximum absolute atomic E-state index is 13.4. The first kappa shape index (κ1) is 20.7. The van der Waals surface area contributed by atoms with Gasteiger partial charge in [0.1, 0.15) is 0 Å². The van der Waals surface area contributed by atoms with Crippen molar-refractivity contribution in [2.75, 3.05) is 6.79 Å². The normalized spacial score (nSPS) is 21.5. The number of carboxylic acids is 1. The van der Waals surface area contributed by atoms with E-state index in [1.807, 2.05) is 18.2 Å². The van der Waals surface area contributed by atoms with E-state index in [-0.39, 0.29) is 36.2 Å². The maximum Gasteiger partial charge on any atom is 0.334 e. The van der Waals surface area contributed by atoms with Crippen LogP contribution in [-0.4, -0.2) is 28.6 Å². The highest BCUT2D eigenvalue weighted by molar-refractivity contribution is 6.04. The third-order valence-electron chi connectivity index (χ3n) is 6.34. The molecule has 5 rings (SSSR count). The molecule has 0 amide bonds. The Hall–Kier alpha value is -4.14. The highest BCUT2D eigenvalue weighted by Gasteiger charge is 2.41. The molecule has 0 saturated carbocycles. The number of carboxylic acid groups (broad SMARTS) is 1. The van der Waals surface area contributed by atoms with E-state index < -0.39 is 16.8 Å². The number of dihydropyridines is 1. The number of nitro benzene ring substituents is 1. The lowest BCUT2D eigenvalue weighted by Gasteiger charge is -2.36. The summed E-state index contributed by atoms with van der Waals surface area (Å²) in [6, 6.07) is 11.4. The molecule has 168 valence electrons. The van der Waals surface area contributed by atoms with E-state index in [0.717, 1.165) is 5.56 Å². The van der Waals surface area contributed by atoms with Crippen molar-refractivity contribution >= 4 is 17.4 Å². The van der Waals surface area contributed by atoms with Crippen LogP contribution in [0.15, 0.2) is 65.0 Å². The summed E-state index contributed by atoms with van der Waals surface area (Å²) in [5, 5.41) is 24.4. The molecular weight excluding hydrogens is 428 g/mol. The molecule has 0 radical (unpaired) electrons. The summed E-state index contributed by atoms with van der Waals surface area (Å²) >= 11 is 0. The van der Waals surface area contributed by atoms with Crippen LogP contribution >= 0.6 is 0 Å². The van der Waals surface area contributed by atoms with E-state index in [9.17, 15) is 24.8 Å². The van der Waals surface area contributed by atoms with Gasteiger partial charge in [-0.05, 0) is 42.5 Å². The predicted octanol–water partition coefficient (Wildman–Crippen LogP) is 3.77. The van der Waals surface area contributed by atoms with Crippen LogP contribution in [0.5, 0.6) is 11.5 Å². The number of fused-ring (bicyclic) bond motifs is 1. The van der Waals surface area contributed by atoms with Gasteiger partial charge in [-0.1, -0.05) is 18.2 Å². The lowest BCUT2D eigenvalue weighted by Crippen LogP contribution is -2.35. The molecule has 2 aromatic rings. The number of nitrogens with one attached hydrogen (secondary N) is 1. The Kier molecular flexibility index (Phi) is 4.88. The Morgan fingerprint density at radius 3 is 2.67 bits per heavy atom. The highest BCUT2D eigenvalue weighted by Crippen LogP contribution is 2.47. The fraction of sp³-hybridized carbons (Fsp3) is 0.250. The van der Waals surface area contributed by atoms with E-state index >= 15 is 0 Å². The number of rotatable bonds is 4. The van der Waals surface area contributed by atoms with E-state index in [2.05, 4.69) is 5.32 Å². The van der Waals surface area contributed by atoms with Crippen LogP contribution in [0.2, 0.25) is 0 Å². The molecule has 0 saturated heterocycles. The zero-order chi connectivity index (χ0) is 23.3. The van der Waals surface area contributed by atoms with Gasteiger partial charge >= 0.3 is 5.97 Å². The number of aliphatic carboxylic acids is 1. The largest absolute Gasteiger partial charge is 0.478 e. The van der Waals surface area contributed by atoms with Crippen molar-refractivity contribution in [2.24, 2.45) is 0 Å². The van der Waals surface area contributed by atoms with Crippen molar-refractivity contribution in [3.05, 3.63) is 86.2 Å². The minimum atomic E-state index is -1.17. The number of ketones is 1. The van der Waals surface area contributed by atoms with Gasteiger partial charge in [0.15, 0.2) is 17.3 Å². The van der Waals surface area contributed by atoms with E-state index in [1.54, 1.807) is 13.0 Å². The van der Waals surface area contributed by atoms with Crippen LogP contribution in [0.25, 0.3) is 0 Å². The topological polar surface area (TPSA) is 128 Å². The summed E-state index contributed by atoms with van der Waals surface area (Å²) in [6.45, 7) is 1.80. The highest BCUT2D eigenvalue weighted by atomic mass is 16.7. The zero-order valence-electron chi connectivity index (χ0n) is 17.7. The summed E-state index contributed by atoms with van der Waals surface area (Å²) in [7, 11) is 0. The number of carbonyl (C=O) groups is 2. The van der Waals surface area contributed by atoms with E-state index in [0.29, 0.717) is 40.5 Å². The average Bonchev–Trinajstić information content (AvgIpc) is 3.25. The number of Topliss-reactive ketones (excluding diaryl/α,β-unsaturated/α-hetero) is 1. The first-order valence-corrected chi connectivity index (χ1v) is 10.4. The quantitative estimate of drug-likeness (QED) is 0.534. The van der Waals surface area contributed by atoms with Gasteiger partial charge in [-0.2, -0.15) is 0 Å². The van der Waals surface area contributed by atoms with Gasteiger partial charge in [0.25, 0.3) is 5.69 Å². The zero-order valence-corrected chi connectivity index (χ0v) is 17.7. The molecule has 0 bridgehead atoms. The van der Waals surface area contributed by atoms with Gasteiger partial charge < -0.3 is 19.9 Å². The SMILES string of the molecule is CC1=C(C(=O)O)C(c2cccc([N+](=O)[O-])c2)C2=C(CC(c3ccc4c(c3)OCO4)CC2=O)N1. The summed E-state index contributed by atoms with van der Waals surface area (Å²) < 4.78 is 10.8. The standard InChI is InChI=1S/C24H20N2O7/c1-12-21(24(28)29)22(14-3-2-4-16(7-14)26(30)31)23-17(25-12)8-15(9-18(23)27)13-5-6-19-20(10-13)33-11-32-19/h2-7,10,15,22,25H,8-9,11H2,1H3,(H,28,29). The molecule has 0 aromatic heterocycles. The molecule has 33 heavy (non-hydrogen) atoms. The smallest absolute Gasteiger partial charge is 0.334 e. The number of ether oxygens (including phenoxy) is 2. The molecule has 9 nitrogen and oxygen atoms in total. The van der Waals surface area contributed by atoms with Crippen LogP contribution in [0.1, 0.15) is 42.7 Å². The summed E-state index contributed by atoms with van der Waals surface area (Å²) in [5.74, 6) is -1.07. The van der Waals surface area contributed by atoms with Gasteiger partial charge in [0.05, 0.1) is 10.5 Å². The van der Waals surface area contributed by atoms with Crippen LogP contribution in [-0.2, 0) is 9.59 Å². The number of nitro groups is 1. The Balaban J connectivity index is 1.57. The lowest BCUT2D eigenvalue weighted by atomic mass is 9.71. The van der Waals surface area contributed by atoms with Gasteiger partial charge in [-0.15, -0.1) is 0 Å². The molecule has 3 aliphatic rings. The Bertz CT molecular complexity index is 1280. The summed E-state index contributed by atoms with van der Waals surface area (Å²) in [5.41, 5.74) is 2.62. The van der Waals surface area contributed by atoms with Crippen molar-refractivity contribution in [3.63, 3.8) is 0 Å². The van der Waals surface area contributed by atoms with E-state index in [4.69, 9.17) is 9.47 Å². The number of benzene rings is 2. The fourth-order valence-electron chi connectivity index (χ4n) is 4.88. The minimum absolute atomic E-state index is 0.0177. The average molecular weight is 448 g/mol. The van der Waals surface area contributed by atoms with Crippen LogP contribution in [0.3, 0.4) is 0 Å². The molecular formula is C24H20N2O7. The monoisotopic (exact) mass is 448 g/mol. The van der Waals surface area contributed by atoms with Gasteiger partial charge in [0.2, 0.25) is 6.79 Å². The van der Waals surface area contributed by atoms with Crippen molar-refractivity contribution in [1.82, 2.24) is 5.32 Å². The third kappa shape index (κ3) is 3.51. The van der Waals surface area contributed by atoms with E-state index in [1.165, 1.54) is 18.2 Å². The number of non-ortho nitro benzene ring substituents is 1. The number of carbonyl (C=O) groups excluding carboxylic acids is 1. The Labute approximate surface area is 188 Å². The molecule has 2 aromatic carbocycles. The number of hydrogen-bond acceptors (Lipinski definition) is 7. The third-order valence-corrected chi connectivity index (χ3v) is 6.34. The van der Waals surface area contributed by atoms with Gasteiger partial charge in [0, 0.05) is 41.4 Å². The van der Waals surface area contributed by atoms with Crippen LogP contribution in [0, 0.1) is 10.1 Å². The lowest BCUT2D eigenvalue weighted by molar-refractivity contribution is -0.384. The van der Waals surface area contributed by atoms with Crippen molar-refractivity contribution < 1.29 is 29.1 Å². The second-order valence-electron chi connectivity index (χ2n) is 8.29. The molecule has 2 atom stereocenters. The number of hydrogen-bond donors (Lipinski definition) is 2. The van der Waals surface area contributed by atoms with Gasteiger partial charge in [-0.3, -0.25) is 14.9 Å². The Morgan fingerprint density at radius 2 is 1.91 bits per heavy atom. The predicted molar refractivity (Wildman–Crippen MR) is 116 cm³/mol. The van der Waals surface area contributed by atoms with Crippen molar-refractivity contribution in [2.45, 2.75) is 31.6 Å². The minimum Gasteiger partial charge on any atom is -0.478 e. The maximum atomic E-state index is 13.4. The number of allylic oxidation sites excluding steroid dienone is 3. The molecule has 2 aliphatic heterocycles. The second-order valence-corrected chi connectivity index (χ2v) is 8.29. The fourth-order valence-corrected chi connectivity index (χ4v) is 4.88. The molecule has 2 heterocycles. The van der Waals surface area contributed by atoms with Gasteiger partial charge in [-0.25, -0.2) is 4.79 Å². The van der Waals surface area contributed by atoms with Crippen LogP contribution < -0.4 is 14.8 Å². The van der Waals surface area contributed by atoms with Crippen molar-refractivity contribution in [3.8, 4) is 11.5 Å². The molecule has 0 fully saturated rings. The number of nitrogens with zero attached hydrogens (tertiary/aromatic N) is 1. The molecule has 2 N–H and O–H groups in total. The Morgan fingerprint density at radius 1 is 1.12 bits per heavy atom. The van der Waals surface area contributed by atoms with Crippen LogP contribution in [0.4, 0.5) is 5.69 Å². The molecule has 1 aliphatic carbocycles. The summed E-state index contributed by atoms with van der Waals surface area (Å²) in [4.78, 5) is 36.3. The molecule has 2 unspecified atom stereocenters. The first-order valence-electron chi connectivity index (χ1n) is 10.4. The summed E-state index contributed by atoms with van der Waals surface area (Å²) in [6.07, 6.45) is 0.688.